The van der Waals surface area contributed by atoms with Gasteiger partial charge in [-0.2, -0.15) is 0 Å². The van der Waals surface area contributed by atoms with Crippen LogP contribution in [-0.2, 0) is 19.1 Å². The number of amides is 2. The Bertz CT molecular complexity index is 1140. The number of anilines is 1. The zero-order valence-corrected chi connectivity index (χ0v) is 21.7. The number of benzene rings is 1. The number of nitrogens with one attached hydrogen (secondary N) is 1. The standard InChI is InChI=1S/C26H31N5O5S/c1-34-19-5-3-18(4-6-19)30-13-11-29(12-14-30)9-2-8-27-24(32)7-10-31-25(33)20-15-22-23(36-17-35-22)16-21(20)28-26(31)37/h3-6,15-16,20H,2,7-14,17H2,1H3,(H,27,32). The average molecular weight is 526 g/mol. The van der Waals surface area contributed by atoms with Crippen molar-refractivity contribution in [3.8, 4) is 5.75 Å². The second kappa shape index (κ2) is 11.3. The summed E-state index contributed by atoms with van der Waals surface area (Å²) in [7, 11) is 1.67. The first kappa shape index (κ1) is 25.2. The predicted molar refractivity (Wildman–Crippen MR) is 142 cm³/mol. The summed E-state index contributed by atoms with van der Waals surface area (Å²) < 4.78 is 16.0. The van der Waals surface area contributed by atoms with E-state index in [1.807, 2.05) is 12.1 Å². The number of allylic oxidation sites excluding steroid dienone is 1. The number of carbonyl (C=O) groups excluding carboxylic acids is 2. The van der Waals surface area contributed by atoms with Gasteiger partial charge in [0, 0.05) is 57.5 Å². The van der Waals surface area contributed by atoms with Crippen LogP contribution in [0.5, 0.6) is 5.75 Å². The van der Waals surface area contributed by atoms with E-state index < -0.39 is 5.92 Å². The minimum Gasteiger partial charge on any atom is -0.497 e. The highest BCUT2D eigenvalue weighted by atomic mass is 32.1. The zero-order chi connectivity index (χ0) is 25.8. The molecule has 3 heterocycles. The van der Waals surface area contributed by atoms with Gasteiger partial charge in [-0.05, 0) is 55.5 Å². The van der Waals surface area contributed by atoms with Gasteiger partial charge in [0.2, 0.25) is 23.7 Å². The number of carbonyl (C=O) groups is 2. The maximum Gasteiger partial charge on any atom is 0.241 e. The van der Waals surface area contributed by atoms with E-state index in [9.17, 15) is 9.59 Å². The molecule has 0 aromatic heterocycles. The van der Waals surface area contributed by atoms with Gasteiger partial charge in [-0.25, -0.2) is 4.99 Å². The van der Waals surface area contributed by atoms with Crippen molar-refractivity contribution in [2.45, 2.75) is 12.8 Å². The summed E-state index contributed by atoms with van der Waals surface area (Å²) in [5, 5.41) is 3.13. The van der Waals surface area contributed by atoms with Crippen molar-refractivity contribution in [3.63, 3.8) is 0 Å². The molecular formula is C26H31N5O5S. The van der Waals surface area contributed by atoms with Crippen LogP contribution in [0, 0.1) is 5.92 Å². The van der Waals surface area contributed by atoms with Crippen molar-refractivity contribution in [3.05, 3.63) is 47.9 Å². The van der Waals surface area contributed by atoms with Crippen LogP contribution < -0.4 is 15.0 Å². The Morgan fingerprint density at radius 1 is 1.14 bits per heavy atom. The van der Waals surface area contributed by atoms with Gasteiger partial charge in [0.25, 0.3) is 0 Å². The molecule has 1 unspecified atom stereocenters. The fraction of sp³-hybridized carbons (Fsp3) is 0.462. The van der Waals surface area contributed by atoms with Crippen LogP contribution in [0.3, 0.4) is 0 Å². The van der Waals surface area contributed by atoms with Gasteiger partial charge >= 0.3 is 0 Å². The van der Waals surface area contributed by atoms with Crippen molar-refractivity contribution >= 4 is 40.5 Å². The van der Waals surface area contributed by atoms with E-state index in [1.165, 1.54) is 10.6 Å². The highest BCUT2D eigenvalue weighted by molar-refractivity contribution is 7.80. The molecule has 0 radical (unpaired) electrons. The zero-order valence-electron chi connectivity index (χ0n) is 20.9. The van der Waals surface area contributed by atoms with E-state index in [1.54, 1.807) is 19.3 Å². The lowest BCUT2D eigenvalue weighted by Crippen LogP contribution is -2.47. The predicted octanol–water partition coefficient (Wildman–Crippen LogP) is 1.68. The Labute approximate surface area is 221 Å². The number of aliphatic imine (C=N–C) groups is 1. The highest BCUT2D eigenvalue weighted by Crippen LogP contribution is 2.31. The third kappa shape index (κ3) is 5.78. The number of hydrogen-bond donors (Lipinski definition) is 1. The number of hydrogen-bond acceptors (Lipinski definition) is 8. The Hall–Kier alpha value is -3.44. The first-order valence-electron chi connectivity index (χ1n) is 12.5. The van der Waals surface area contributed by atoms with Crippen LogP contribution in [-0.4, -0.2) is 92.2 Å². The molecule has 10 nitrogen and oxygen atoms in total. The van der Waals surface area contributed by atoms with Crippen LogP contribution >= 0.6 is 12.2 Å². The normalized spacial score (nSPS) is 21.2. The molecule has 0 saturated carbocycles. The molecule has 196 valence electrons. The van der Waals surface area contributed by atoms with E-state index in [2.05, 4.69) is 32.2 Å². The number of thiocarbonyl (C=S) groups is 1. The maximum absolute atomic E-state index is 13.0. The Morgan fingerprint density at radius 3 is 2.65 bits per heavy atom. The molecule has 2 fully saturated rings. The quantitative estimate of drug-likeness (QED) is 0.385. The average Bonchev–Trinajstić information content (AvgIpc) is 3.38. The number of ether oxygens (including phenoxy) is 3. The summed E-state index contributed by atoms with van der Waals surface area (Å²) in [5.74, 6) is 1.11. The summed E-state index contributed by atoms with van der Waals surface area (Å²) in [6.07, 6.45) is 4.44. The summed E-state index contributed by atoms with van der Waals surface area (Å²) in [6.45, 7) is 5.77. The van der Waals surface area contributed by atoms with Gasteiger partial charge in [0.15, 0.2) is 11.5 Å². The van der Waals surface area contributed by atoms with Crippen LogP contribution in [0.1, 0.15) is 12.8 Å². The van der Waals surface area contributed by atoms with Gasteiger partial charge in [0.05, 0.1) is 12.8 Å². The smallest absolute Gasteiger partial charge is 0.241 e. The fourth-order valence-electron chi connectivity index (χ4n) is 4.80. The highest BCUT2D eigenvalue weighted by Gasteiger charge is 2.38. The number of rotatable bonds is 9. The van der Waals surface area contributed by atoms with Gasteiger partial charge in [-0.15, -0.1) is 0 Å². The lowest BCUT2D eigenvalue weighted by molar-refractivity contribution is -0.129. The molecule has 1 N–H and O–H groups in total. The van der Waals surface area contributed by atoms with Gasteiger partial charge in [-0.3, -0.25) is 19.4 Å². The third-order valence-corrected chi connectivity index (χ3v) is 7.23. The van der Waals surface area contributed by atoms with Crippen molar-refractivity contribution in [2.75, 3.05) is 64.6 Å². The van der Waals surface area contributed by atoms with Crippen LogP contribution in [0.4, 0.5) is 5.69 Å². The largest absolute Gasteiger partial charge is 0.497 e. The number of nitrogens with zero attached hydrogens (tertiary/aromatic N) is 4. The molecule has 11 heteroatoms. The Balaban J connectivity index is 0.998. The van der Waals surface area contributed by atoms with Crippen molar-refractivity contribution in [1.82, 2.24) is 15.1 Å². The van der Waals surface area contributed by atoms with Crippen molar-refractivity contribution < 1.29 is 23.8 Å². The SMILES string of the molecule is COc1ccc(N2CCN(CCCNC(=O)CCN3C(=O)C4C=C5OCOC5=CC4=NC3=S)CC2)cc1. The topological polar surface area (TPSA) is 95.9 Å². The maximum atomic E-state index is 13.0. The summed E-state index contributed by atoms with van der Waals surface area (Å²) in [4.78, 5) is 36.0. The van der Waals surface area contributed by atoms with Gasteiger partial charge in [0.1, 0.15) is 11.7 Å². The summed E-state index contributed by atoms with van der Waals surface area (Å²) in [6, 6.07) is 8.17. The number of piperazine rings is 1. The lowest BCUT2D eigenvalue weighted by atomic mass is 9.94. The first-order valence-corrected chi connectivity index (χ1v) is 12.9. The molecule has 37 heavy (non-hydrogen) atoms. The third-order valence-electron chi connectivity index (χ3n) is 6.92. The molecule has 0 bridgehead atoms. The lowest BCUT2D eigenvalue weighted by Gasteiger charge is -2.36. The molecule has 2 saturated heterocycles. The number of methoxy groups -OCH3 is 1. The summed E-state index contributed by atoms with van der Waals surface area (Å²) in [5.41, 5.74) is 1.76. The van der Waals surface area contributed by atoms with E-state index in [0.717, 1.165) is 44.9 Å². The second-order valence-electron chi connectivity index (χ2n) is 9.21. The van der Waals surface area contributed by atoms with Crippen LogP contribution in [0.2, 0.25) is 0 Å². The molecule has 2 amide bonds. The van der Waals surface area contributed by atoms with E-state index >= 15 is 0 Å². The van der Waals surface area contributed by atoms with E-state index in [4.69, 9.17) is 26.4 Å². The monoisotopic (exact) mass is 525 g/mol. The minimum atomic E-state index is -0.569. The molecule has 3 aliphatic heterocycles. The fourth-order valence-corrected chi connectivity index (χ4v) is 5.08. The molecule has 1 aromatic rings. The van der Waals surface area contributed by atoms with Crippen LogP contribution in [0.25, 0.3) is 0 Å². The second-order valence-corrected chi connectivity index (χ2v) is 9.58. The summed E-state index contributed by atoms with van der Waals surface area (Å²) >= 11 is 5.32. The molecule has 5 rings (SSSR count). The Morgan fingerprint density at radius 2 is 1.89 bits per heavy atom. The molecule has 1 aromatic carbocycles. The molecule has 1 aliphatic carbocycles. The van der Waals surface area contributed by atoms with Crippen molar-refractivity contribution in [2.24, 2.45) is 10.9 Å². The molecule has 0 spiro atoms. The molecule has 4 aliphatic rings. The Kier molecular flexibility index (Phi) is 7.71. The molecule has 1 atom stereocenters. The van der Waals surface area contributed by atoms with Gasteiger partial charge in [-0.1, -0.05) is 0 Å². The van der Waals surface area contributed by atoms with Gasteiger partial charge < -0.3 is 24.4 Å². The van der Waals surface area contributed by atoms with E-state index in [0.29, 0.717) is 23.8 Å². The van der Waals surface area contributed by atoms with Crippen LogP contribution in [0.15, 0.2) is 52.9 Å². The number of fused-ring (bicyclic) bond motifs is 2. The van der Waals surface area contributed by atoms with Crippen molar-refractivity contribution in [1.29, 1.82) is 0 Å². The first-order chi connectivity index (χ1) is 18.0. The molecular weight excluding hydrogens is 494 g/mol. The van der Waals surface area contributed by atoms with E-state index in [-0.39, 0.29) is 36.7 Å². The minimum absolute atomic E-state index is 0.105.